The van der Waals surface area contributed by atoms with Crippen molar-refractivity contribution in [3.8, 4) is 0 Å². The summed E-state index contributed by atoms with van der Waals surface area (Å²) in [5, 5.41) is 13.5. The van der Waals surface area contributed by atoms with Crippen molar-refractivity contribution < 1.29 is 28.8 Å². The van der Waals surface area contributed by atoms with Crippen LogP contribution in [0.3, 0.4) is 0 Å². The van der Waals surface area contributed by atoms with Crippen LogP contribution >= 0.6 is 11.3 Å². The second kappa shape index (κ2) is 8.65. The number of rotatable bonds is 6. The van der Waals surface area contributed by atoms with Crippen LogP contribution in [-0.4, -0.2) is 41.6 Å². The second-order valence-electron chi connectivity index (χ2n) is 5.86. The van der Waals surface area contributed by atoms with E-state index in [1.165, 1.54) is 21.0 Å². The minimum Gasteiger partial charge on any atom is -0.465 e. The smallest absolute Gasteiger partial charge is 0.348 e. The lowest BCUT2D eigenvalue weighted by Crippen LogP contribution is -2.27. The standard InChI is InChI=1S/C17H17N3O8S/c1-8-5-12(22)19(6-10(8)20(25)26)7-11(21)18-15-13(16(23)27-3)9(2)14(29-15)17(24)28-4/h5-6H,7H2,1-4H3,(H,18,21). The SMILES string of the molecule is COC(=O)c1sc(NC(=O)Cn2cc([N+](=O)[O-])c(C)cc2=O)c(C(=O)OC)c1C. The number of nitrogens with one attached hydrogen (secondary N) is 1. The maximum atomic E-state index is 12.4. The Balaban J connectivity index is 2.37. The number of nitrogens with zero attached hydrogens (tertiary/aromatic N) is 2. The molecule has 0 aliphatic heterocycles. The van der Waals surface area contributed by atoms with Crippen LogP contribution in [0.25, 0.3) is 0 Å². The molecule has 1 amide bonds. The van der Waals surface area contributed by atoms with Crippen molar-refractivity contribution in [3.05, 3.63) is 54.3 Å². The number of pyridine rings is 1. The third-order valence-corrected chi connectivity index (χ3v) is 5.16. The number of aromatic nitrogens is 1. The second-order valence-corrected chi connectivity index (χ2v) is 6.88. The predicted octanol–water partition coefficient (Wildman–Crippen LogP) is 1.65. The number of ether oxygens (including phenoxy) is 2. The fourth-order valence-corrected chi connectivity index (χ4v) is 3.66. The fraction of sp³-hybridized carbons (Fsp3) is 0.294. The molecule has 0 spiro atoms. The Morgan fingerprint density at radius 3 is 2.38 bits per heavy atom. The zero-order valence-corrected chi connectivity index (χ0v) is 16.7. The van der Waals surface area contributed by atoms with Crippen LogP contribution in [0.15, 0.2) is 17.1 Å². The van der Waals surface area contributed by atoms with Crippen molar-refractivity contribution in [3.63, 3.8) is 0 Å². The minimum absolute atomic E-state index is 0.0199. The molecule has 0 fully saturated rings. The van der Waals surface area contributed by atoms with Gasteiger partial charge in [-0.25, -0.2) is 9.59 Å². The summed E-state index contributed by atoms with van der Waals surface area (Å²) < 4.78 is 10.2. The summed E-state index contributed by atoms with van der Waals surface area (Å²) >= 11 is 0.813. The lowest BCUT2D eigenvalue weighted by molar-refractivity contribution is -0.385. The summed E-state index contributed by atoms with van der Waals surface area (Å²) in [4.78, 5) is 58.9. The molecule has 0 aromatic carbocycles. The average molecular weight is 423 g/mol. The van der Waals surface area contributed by atoms with Gasteiger partial charge in [-0.3, -0.25) is 24.3 Å². The van der Waals surface area contributed by atoms with Crippen LogP contribution in [0.1, 0.15) is 31.2 Å². The molecule has 12 heteroatoms. The molecule has 0 aliphatic rings. The monoisotopic (exact) mass is 423 g/mol. The van der Waals surface area contributed by atoms with Crippen LogP contribution in [0.2, 0.25) is 0 Å². The highest BCUT2D eigenvalue weighted by Crippen LogP contribution is 2.34. The summed E-state index contributed by atoms with van der Waals surface area (Å²) in [6.07, 6.45) is 0.970. The van der Waals surface area contributed by atoms with Crippen molar-refractivity contribution in [2.75, 3.05) is 19.5 Å². The van der Waals surface area contributed by atoms with E-state index in [9.17, 15) is 29.3 Å². The largest absolute Gasteiger partial charge is 0.465 e. The number of amides is 1. The quantitative estimate of drug-likeness (QED) is 0.419. The Morgan fingerprint density at radius 2 is 1.83 bits per heavy atom. The maximum Gasteiger partial charge on any atom is 0.348 e. The van der Waals surface area contributed by atoms with Crippen molar-refractivity contribution >= 4 is 39.9 Å². The Kier molecular flexibility index (Phi) is 6.49. The van der Waals surface area contributed by atoms with Crippen LogP contribution in [-0.2, 0) is 20.8 Å². The Bertz CT molecular complexity index is 1070. The van der Waals surface area contributed by atoms with Crippen LogP contribution in [0, 0.1) is 24.0 Å². The fourth-order valence-electron chi connectivity index (χ4n) is 2.53. The van der Waals surface area contributed by atoms with Crippen molar-refractivity contribution in [2.45, 2.75) is 20.4 Å². The molecule has 0 radical (unpaired) electrons. The molecule has 0 atom stereocenters. The van der Waals surface area contributed by atoms with Crippen molar-refractivity contribution in [2.24, 2.45) is 0 Å². The Labute approximate surface area is 168 Å². The molecule has 154 valence electrons. The molecule has 2 aromatic rings. The summed E-state index contributed by atoms with van der Waals surface area (Å²) in [5.41, 5.74) is -0.497. The van der Waals surface area contributed by atoms with Gasteiger partial charge in [0.25, 0.3) is 11.2 Å². The van der Waals surface area contributed by atoms with Gasteiger partial charge in [0, 0.05) is 11.6 Å². The molecule has 2 heterocycles. The third-order valence-electron chi connectivity index (χ3n) is 3.98. The van der Waals surface area contributed by atoms with Gasteiger partial charge in [0.2, 0.25) is 5.91 Å². The summed E-state index contributed by atoms with van der Waals surface area (Å²) in [7, 11) is 2.32. The van der Waals surface area contributed by atoms with E-state index < -0.39 is 34.9 Å². The number of hydrogen-bond acceptors (Lipinski definition) is 9. The molecule has 29 heavy (non-hydrogen) atoms. The number of carbonyl (C=O) groups is 3. The van der Waals surface area contributed by atoms with Crippen LogP contribution in [0.5, 0.6) is 0 Å². The summed E-state index contributed by atoms with van der Waals surface area (Å²) in [6, 6.07) is 1.05. The van der Waals surface area contributed by atoms with Crippen molar-refractivity contribution in [1.29, 1.82) is 0 Å². The molecule has 0 bridgehead atoms. The number of esters is 2. The first-order chi connectivity index (χ1) is 13.6. The maximum absolute atomic E-state index is 12.4. The number of methoxy groups -OCH3 is 2. The molecule has 1 N–H and O–H groups in total. The number of thiophene rings is 1. The Morgan fingerprint density at radius 1 is 1.21 bits per heavy atom. The molecular formula is C17H17N3O8S. The first-order valence-electron chi connectivity index (χ1n) is 8.06. The van der Waals surface area contributed by atoms with E-state index in [1.807, 2.05) is 0 Å². The molecule has 0 saturated heterocycles. The normalized spacial score (nSPS) is 10.3. The van der Waals surface area contributed by atoms with Gasteiger partial charge in [-0.2, -0.15) is 0 Å². The summed E-state index contributed by atoms with van der Waals surface area (Å²) in [6.45, 7) is 2.37. The van der Waals surface area contributed by atoms with E-state index in [4.69, 9.17) is 4.74 Å². The number of aryl methyl sites for hydroxylation is 1. The molecule has 0 aliphatic carbocycles. The predicted molar refractivity (Wildman–Crippen MR) is 102 cm³/mol. The van der Waals surface area contributed by atoms with Gasteiger partial charge in [-0.1, -0.05) is 0 Å². The molecular weight excluding hydrogens is 406 g/mol. The Hall–Kier alpha value is -3.54. The topological polar surface area (TPSA) is 147 Å². The van der Waals surface area contributed by atoms with E-state index in [1.54, 1.807) is 0 Å². The van der Waals surface area contributed by atoms with Gasteiger partial charge >= 0.3 is 11.9 Å². The van der Waals surface area contributed by atoms with Gasteiger partial charge in [-0.05, 0) is 19.4 Å². The highest BCUT2D eigenvalue weighted by atomic mass is 32.1. The van der Waals surface area contributed by atoms with Gasteiger partial charge < -0.3 is 14.8 Å². The molecule has 2 rings (SSSR count). The van der Waals surface area contributed by atoms with E-state index in [0.29, 0.717) is 0 Å². The van der Waals surface area contributed by atoms with Gasteiger partial charge in [-0.15, -0.1) is 11.3 Å². The van der Waals surface area contributed by atoms with E-state index in [-0.39, 0.29) is 32.3 Å². The molecule has 0 saturated carbocycles. The number of nitro groups is 1. The third kappa shape index (κ3) is 4.48. The number of hydrogen-bond donors (Lipinski definition) is 1. The number of carbonyl (C=O) groups excluding carboxylic acids is 3. The zero-order chi connectivity index (χ0) is 21.9. The molecule has 11 nitrogen and oxygen atoms in total. The first kappa shape index (κ1) is 21.8. The molecule has 0 unspecified atom stereocenters. The minimum atomic E-state index is -0.771. The van der Waals surface area contributed by atoms with Crippen LogP contribution < -0.4 is 10.9 Å². The highest BCUT2D eigenvalue weighted by molar-refractivity contribution is 7.18. The van der Waals surface area contributed by atoms with Crippen molar-refractivity contribution in [1.82, 2.24) is 4.57 Å². The van der Waals surface area contributed by atoms with Crippen LogP contribution in [0.4, 0.5) is 10.7 Å². The van der Waals surface area contributed by atoms with E-state index in [0.717, 1.165) is 35.3 Å². The van der Waals surface area contributed by atoms with E-state index >= 15 is 0 Å². The molecule has 2 aromatic heterocycles. The number of anilines is 1. The van der Waals surface area contributed by atoms with E-state index in [2.05, 4.69) is 10.1 Å². The summed E-state index contributed by atoms with van der Waals surface area (Å²) in [5.74, 6) is -2.19. The average Bonchev–Trinajstić information content (AvgIpc) is 2.98. The van der Waals surface area contributed by atoms with Gasteiger partial charge in [0.05, 0.1) is 30.9 Å². The van der Waals surface area contributed by atoms with Gasteiger partial charge in [0.1, 0.15) is 16.4 Å². The lowest BCUT2D eigenvalue weighted by atomic mass is 10.1. The van der Waals surface area contributed by atoms with Gasteiger partial charge in [0.15, 0.2) is 0 Å². The first-order valence-corrected chi connectivity index (χ1v) is 8.87. The lowest BCUT2D eigenvalue weighted by Gasteiger charge is -2.08. The highest BCUT2D eigenvalue weighted by Gasteiger charge is 2.27. The zero-order valence-electron chi connectivity index (χ0n) is 15.9.